The maximum atomic E-state index is 10.7. The normalized spacial score (nSPS) is 12.3. The Morgan fingerprint density at radius 3 is 2.40 bits per heavy atom. The van der Waals surface area contributed by atoms with Gasteiger partial charge in [0.1, 0.15) is 0 Å². The first-order valence-electron chi connectivity index (χ1n) is 5.14. The van der Waals surface area contributed by atoms with E-state index in [1.165, 1.54) is 0 Å². The minimum Gasteiger partial charge on any atom is -0.481 e. The van der Waals surface area contributed by atoms with Crippen LogP contribution in [0.2, 0.25) is 0 Å². The predicted octanol–water partition coefficient (Wildman–Crippen LogP) is 1.51. The van der Waals surface area contributed by atoms with Crippen LogP contribution in [0.4, 0.5) is 0 Å². The minimum absolute atomic E-state index is 0.0246. The molecule has 0 aromatic heterocycles. The molecule has 0 bridgehead atoms. The van der Waals surface area contributed by atoms with Crippen molar-refractivity contribution >= 4 is 11.9 Å². The van der Waals surface area contributed by atoms with Gasteiger partial charge in [0, 0.05) is 13.0 Å². The molecule has 0 aliphatic rings. The molecule has 0 saturated carbocycles. The number of rotatable bonds is 9. The van der Waals surface area contributed by atoms with Crippen LogP contribution in [-0.4, -0.2) is 34.9 Å². The Labute approximate surface area is 89.0 Å². The maximum absolute atomic E-state index is 10.7. The van der Waals surface area contributed by atoms with Gasteiger partial charge in [-0.05, 0) is 12.8 Å². The van der Waals surface area contributed by atoms with Crippen molar-refractivity contribution in [2.24, 2.45) is 0 Å². The van der Waals surface area contributed by atoms with E-state index in [-0.39, 0.29) is 12.8 Å². The van der Waals surface area contributed by atoms with Gasteiger partial charge in [0.15, 0.2) is 6.10 Å². The van der Waals surface area contributed by atoms with E-state index in [1.54, 1.807) is 0 Å². The van der Waals surface area contributed by atoms with Crippen LogP contribution in [0.15, 0.2) is 0 Å². The number of carboxylic acids is 2. The molecule has 0 spiro atoms. The number of hydrogen-bond acceptors (Lipinski definition) is 3. The Balaban J connectivity index is 3.73. The summed E-state index contributed by atoms with van der Waals surface area (Å²) in [5, 5.41) is 17.1. The van der Waals surface area contributed by atoms with E-state index in [0.717, 1.165) is 19.3 Å². The number of carboxylic acid groups (broad SMARTS) is 2. The van der Waals surface area contributed by atoms with E-state index in [2.05, 4.69) is 0 Å². The molecule has 0 aromatic rings. The van der Waals surface area contributed by atoms with Crippen LogP contribution in [0, 0.1) is 0 Å². The lowest BCUT2D eigenvalue weighted by atomic mass is 10.2. The van der Waals surface area contributed by atoms with Crippen LogP contribution >= 0.6 is 0 Å². The van der Waals surface area contributed by atoms with Crippen molar-refractivity contribution in [3.8, 4) is 0 Å². The summed E-state index contributed by atoms with van der Waals surface area (Å²) in [7, 11) is 0. The molecule has 88 valence electrons. The zero-order valence-corrected chi connectivity index (χ0v) is 8.94. The van der Waals surface area contributed by atoms with Crippen molar-refractivity contribution in [1.82, 2.24) is 0 Å². The van der Waals surface area contributed by atoms with Gasteiger partial charge in [-0.2, -0.15) is 0 Å². The summed E-state index contributed by atoms with van der Waals surface area (Å²) in [5.74, 6) is -2.09. The van der Waals surface area contributed by atoms with Crippen molar-refractivity contribution in [2.75, 3.05) is 6.61 Å². The topological polar surface area (TPSA) is 83.8 Å². The minimum atomic E-state index is -1.09. The van der Waals surface area contributed by atoms with Gasteiger partial charge in [-0.1, -0.05) is 19.8 Å². The lowest BCUT2D eigenvalue weighted by molar-refractivity contribution is -0.151. The molecule has 2 N–H and O–H groups in total. The predicted molar refractivity (Wildman–Crippen MR) is 53.8 cm³/mol. The van der Waals surface area contributed by atoms with E-state index in [1.807, 2.05) is 6.92 Å². The fraction of sp³-hybridized carbons (Fsp3) is 0.800. The van der Waals surface area contributed by atoms with Gasteiger partial charge in [-0.3, -0.25) is 4.79 Å². The molecule has 15 heavy (non-hydrogen) atoms. The molecule has 0 heterocycles. The van der Waals surface area contributed by atoms with E-state index in [4.69, 9.17) is 14.9 Å². The van der Waals surface area contributed by atoms with Crippen molar-refractivity contribution in [2.45, 2.75) is 45.1 Å². The Kier molecular flexibility index (Phi) is 7.62. The molecule has 0 aliphatic heterocycles. The molecule has 0 aromatic carbocycles. The standard InChI is InChI=1S/C10H18O5/c1-2-3-4-7-15-8(10(13)14)5-6-9(11)12/h8H,2-7H2,1H3,(H,11,12)(H,13,14). The molecule has 0 amide bonds. The molecule has 0 fully saturated rings. The zero-order valence-electron chi connectivity index (χ0n) is 8.94. The fourth-order valence-electron chi connectivity index (χ4n) is 1.11. The average molecular weight is 218 g/mol. The third-order valence-corrected chi connectivity index (χ3v) is 1.96. The SMILES string of the molecule is CCCCCOC(CCC(=O)O)C(=O)O. The molecular formula is C10H18O5. The second-order valence-electron chi connectivity index (χ2n) is 3.34. The van der Waals surface area contributed by atoms with Gasteiger partial charge in [-0.15, -0.1) is 0 Å². The van der Waals surface area contributed by atoms with Crippen LogP contribution in [0.25, 0.3) is 0 Å². The van der Waals surface area contributed by atoms with Gasteiger partial charge in [-0.25, -0.2) is 4.79 Å². The first kappa shape index (κ1) is 13.9. The summed E-state index contributed by atoms with van der Waals surface area (Å²) in [4.78, 5) is 20.9. The molecule has 1 unspecified atom stereocenters. The molecule has 0 rings (SSSR count). The summed E-state index contributed by atoms with van der Waals surface area (Å²) in [6.45, 7) is 2.42. The lowest BCUT2D eigenvalue weighted by Gasteiger charge is -2.12. The van der Waals surface area contributed by atoms with E-state index >= 15 is 0 Å². The highest BCUT2D eigenvalue weighted by Crippen LogP contribution is 2.05. The Hall–Kier alpha value is -1.10. The van der Waals surface area contributed by atoms with Crippen LogP contribution in [0.5, 0.6) is 0 Å². The molecule has 5 heteroatoms. The van der Waals surface area contributed by atoms with Crippen LogP contribution in [-0.2, 0) is 14.3 Å². The number of ether oxygens (including phenoxy) is 1. The third-order valence-electron chi connectivity index (χ3n) is 1.96. The first-order chi connectivity index (χ1) is 7.07. The number of hydrogen-bond donors (Lipinski definition) is 2. The highest BCUT2D eigenvalue weighted by Gasteiger charge is 2.18. The summed E-state index contributed by atoms with van der Waals surface area (Å²) in [5.41, 5.74) is 0. The van der Waals surface area contributed by atoms with Crippen LogP contribution < -0.4 is 0 Å². The van der Waals surface area contributed by atoms with Crippen molar-refractivity contribution in [3.05, 3.63) is 0 Å². The first-order valence-corrected chi connectivity index (χ1v) is 5.14. The second kappa shape index (κ2) is 8.23. The average Bonchev–Trinajstić information content (AvgIpc) is 2.15. The highest BCUT2D eigenvalue weighted by molar-refractivity contribution is 5.74. The number of unbranched alkanes of at least 4 members (excludes halogenated alkanes) is 2. The van der Waals surface area contributed by atoms with Gasteiger partial charge < -0.3 is 14.9 Å². The molecule has 0 saturated heterocycles. The smallest absolute Gasteiger partial charge is 0.332 e. The summed E-state index contributed by atoms with van der Waals surface area (Å²) < 4.78 is 5.09. The van der Waals surface area contributed by atoms with E-state index < -0.39 is 18.0 Å². The largest absolute Gasteiger partial charge is 0.481 e. The van der Waals surface area contributed by atoms with Gasteiger partial charge in [0.25, 0.3) is 0 Å². The fourth-order valence-corrected chi connectivity index (χ4v) is 1.11. The maximum Gasteiger partial charge on any atom is 0.332 e. The molecular weight excluding hydrogens is 200 g/mol. The Morgan fingerprint density at radius 1 is 1.27 bits per heavy atom. The van der Waals surface area contributed by atoms with Crippen molar-refractivity contribution in [1.29, 1.82) is 0 Å². The summed E-state index contributed by atoms with van der Waals surface area (Å²) >= 11 is 0. The Morgan fingerprint density at radius 2 is 1.93 bits per heavy atom. The second-order valence-corrected chi connectivity index (χ2v) is 3.34. The highest BCUT2D eigenvalue weighted by atomic mass is 16.5. The summed E-state index contributed by atoms with van der Waals surface area (Å²) in [6, 6.07) is 0. The van der Waals surface area contributed by atoms with Gasteiger partial charge >= 0.3 is 11.9 Å². The third kappa shape index (κ3) is 7.93. The molecule has 0 aliphatic carbocycles. The summed E-state index contributed by atoms with van der Waals surface area (Å²) in [6.07, 6.45) is 1.70. The number of carbonyl (C=O) groups is 2. The number of aliphatic carboxylic acids is 2. The van der Waals surface area contributed by atoms with E-state index in [9.17, 15) is 9.59 Å². The van der Waals surface area contributed by atoms with Crippen molar-refractivity contribution in [3.63, 3.8) is 0 Å². The van der Waals surface area contributed by atoms with Gasteiger partial charge in [0.2, 0.25) is 0 Å². The van der Waals surface area contributed by atoms with Crippen LogP contribution in [0.3, 0.4) is 0 Å². The van der Waals surface area contributed by atoms with Crippen LogP contribution in [0.1, 0.15) is 39.0 Å². The molecule has 5 nitrogen and oxygen atoms in total. The quantitative estimate of drug-likeness (QED) is 0.573. The molecule has 1 atom stereocenters. The van der Waals surface area contributed by atoms with Crippen molar-refractivity contribution < 1.29 is 24.5 Å². The van der Waals surface area contributed by atoms with E-state index in [0.29, 0.717) is 6.61 Å². The lowest BCUT2D eigenvalue weighted by Crippen LogP contribution is -2.25. The Bertz CT molecular complexity index is 202. The van der Waals surface area contributed by atoms with Gasteiger partial charge in [0.05, 0.1) is 0 Å². The molecule has 0 radical (unpaired) electrons. The zero-order chi connectivity index (χ0) is 11.7. The monoisotopic (exact) mass is 218 g/mol.